The van der Waals surface area contributed by atoms with E-state index >= 15 is 0 Å². The van der Waals surface area contributed by atoms with Crippen LogP contribution < -0.4 is 15.4 Å². The fourth-order valence-electron chi connectivity index (χ4n) is 4.95. The van der Waals surface area contributed by atoms with Crippen molar-refractivity contribution in [1.82, 2.24) is 14.9 Å². The van der Waals surface area contributed by atoms with Gasteiger partial charge in [0.25, 0.3) is 5.91 Å². The number of carbonyl (C=O) groups is 1. The molecule has 2 aliphatic carbocycles. The Morgan fingerprint density at radius 2 is 2.00 bits per heavy atom. The summed E-state index contributed by atoms with van der Waals surface area (Å²) in [5.41, 5.74) is 1.60. The molecule has 184 valence electrons. The van der Waals surface area contributed by atoms with Gasteiger partial charge in [-0.15, -0.1) is 13.2 Å². The van der Waals surface area contributed by atoms with Gasteiger partial charge in [-0.05, 0) is 56.7 Å². The molecule has 11 heteroatoms. The second kappa shape index (κ2) is 9.30. The summed E-state index contributed by atoms with van der Waals surface area (Å²) in [6, 6.07) is 5.59. The Morgan fingerprint density at radius 3 is 2.74 bits per heavy atom. The van der Waals surface area contributed by atoms with Crippen LogP contribution in [0.1, 0.15) is 56.2 Å². The van der Waals surface area contributed by atoms with Gasteiger partial charge in [-0.2, -0.15) is 0 Å². The van der Waals surface area contributed by atoms with Gasteiger partial charge in [0.1, 0.15) is 5.75 Å². The first-order chi connectivity index (χ1) is 16.2. The molecule has 1 aromatic heterocycles. The molecule has 0 radical (unpaired) electrons. The predicted octanol–water partition coefficient (Wildman–Crippen LogP) is 4.79. The second-order valence-corrected chi connectivity index (χ2v) is 9.68. The lowest BCUT2D eigenvalue weighted by Crippen LogP contribution is -2.49. The van der Waals surface area contributed by atoms with E-state index < -0.39 is 18.6 Å². The standard InChI is InChI=1S/C23H26ClF3N4O3/c24-14-1-6-20-18(9-14)28-10-21(33-20)22(32)30-15-2-4-16(5-3-15)31-11-19(29-12-31)13-7-17(8-13)34-23(25,26)27/h1,6,9,11-13,15-17,21,28H,2-5,7-8,10H2,(H,30,32). The third-order valence-electron chi connectivity index (χ3n) is 6.88. The summed E-state index contributed by atoms with van der Waals surface area (Å²) in [6.45, 7) is 0.377. The SMILES string of the molecule is O=C(NC1CCC(n2cnc(C3CC(OC(F)(F)F)C3)c2)CC1)C1CNc2cc(Cl)ccc2O1. The van der Waals surface area contributed by atoms with E-state index in [1.54, 1.807) is 24.5 Å². The van der Waals surface area contributed by atoms with Crippen LogP contribution in [-0.2, 0) is 9.53 Å². The number of nitrogens with zero attached hydrogens (tertiary/aromatic N) is 2. The zero-order chi connectivity index (χ0) is 23.9. The molecule has 1 atom stereocenters. The molecule has 5 rings (SSSR count). The molecule has 1 aliphatic heterocycles. The zero-order valence-corrected chi connectivity index (χ0v) is 19.1. The Hall–Kier alpha value is -2.46. The summed E-state index contributed by atoms with van der Waals surface area (Å²) in [6.07, 6.45) is 1.87. The third-order valence-corrected chi connectivity index (χ3v) is 7.12. The summed E-state index contributed by atoms with van der Waals surface area (Å²) < 4.78 is 48.9. The maximum atomic E-state index is 12.7. The topological polar surface area (TPSA) is 77.4 Å². The summed E-state index contributed by atoms with van der Waals surface area (Å²) in [5, 5.41) is 6.90. The van der Waals surface area contributed by atoms with Crippen LogP contribution in [0.3, 0.4) is 0 Å². The van der Waals surface area contributed by atoms with Gasteiger partial charge < -0.3 is 19.9 Å². The van der Waals surface area contributed by atoms with Gasteiger partial charge >= 0.3 is 6.36 Å². The highest BCUT2D eigenvalue weighted by Gasteiger charge is 2.41. The van der Waals surface area contributed by atoms with Crippen molar-refractivity contribution in [2.24, 2.45) is 0 Å². The lowest BCUT2D eigenvalue weighted by molar-refractivity contribution is -0.351. The van der Waals surface area contributed by atoms with Crippen LogP contribution in [0.2, 0.25) is 5.02 Å². The summed E-state index contributed by atoms with van der Waals surface area (Å²) in [5.74, 6) is 0.481. The average molecular weight is 499 g/mol. The number of benzene rings is 1. The number of amides is 1. The number of fused-ring (bicyclic) bond motifs is 1. The minimum absolute atomic E-state index is 0.00878. The number of ether oxygens (including phenoxy) is 2. The van der Waals surface area contributed by atoms with Crippen LogP contribution in [0, 0.1) is 0 Å². The molecule has 7 nitrogen and oxygen atoms in total. The molecular weight excluding hydrogens is 473 g/mol. The number of hydrogen-bond acceptors (Lipinski definition) is 5. The molecule has 34 heavy (non-hydrogen) atoms. The zero-order valence-electron chi connectivity index (χ0n) is 18.4. The number of halogens is 4. The van der Waals surface area contributed by atoms with Crippen LogP contribution in [0.4, 0.5) is 18.9 Å². The van der Waals surface area contributed by atoms with Crippen molar-refractivity contribution in [2.75, 3.05) is 11.9 Å². The number of rotatable bonds is 5. The number of hydrogen-bond donors (Lipinski definition) is 2. The highest BCUT2D eigenvalue weighted by molar-refractivity contribution is 6.30. The Kier molecular flexibility index (Phi) is 6.37. The van der Waals surface area contributed by atoms with Crippen molar-refractivity contribution in [2.45, 2.75) is 75.1 Å². The fourth-order valence-corrected chi connectivity index (χ4v) is 5.13. The lowest BCUT2D eigenvalue weighted by atomic mass is 9.80. The number of aromatic nitrogens is 2. The number of carbonyl (C=O) groups excluding carboxylic acids is 1. The molecule has 0 saturated heterocycles. The molecule has 0 bridgehead atoms. The minimum Gasteiger partial charge on any atom is -0.477 e. The maximum Gasteiger partial charge on any atom is 0.522 e. The molecule has 1 unspecified atom stereocenters. The number of nitrogens with one attached hydrogen (secondary N) is 2. The molecule has 0 spiro atoms. The van der Waals surface area contributed by atoms with Gasteiger partial charge in [0, 0.05) is 29.2 Å². The smallest absolute Gasteiger partial charge is 0.477 e. The largest absolute Gasteiger partial charge is 0.522 e. The van der Waals surface area contributed by atoms with Gasteiger partial charge in [0.05, 0.1) is 30.4 Å². The van der Waals surface area contributed by atoms with E-state index in [1.807, 2.05) is 6.20 Å². The molecule has 1 aromatic carbocycles. The van der Waals surface area contributed by atoms with Crippen molar-refractivity contribution < 1.29 is 27.4 Å². The summed E-state index contributed by atoms with van der Waals surface area (Å²) in [4.78, 5) is 17.1. The van der Waals surface area contributed by atoms with Gasteiger partial charge in [0.2, 0.25) is 0 Å². The van der Waals surface area contributed by atoms with Gasteiger partial charge in [0.15, 0.2) is 6.10 Å². The van der Waals surface area contributed by atoms with Crippen LogP contribution in [0.5, 0.6) is 5.75 Å². The van der Waals surface area contributed by atoms with E-state index in [0.717, 1.165) is 37.1 Å². The number of imidazole rings is 1. The number of anilines is 1. The average Bonchev–Trinajstić information content (AvgIpc) is 3.25. The molecule has 2 fully saturated rings. The van der Waals surface area contributed by atoms with Crippen molar-refractivity contribution in [3.63, 3.8) is 0 Å². The van der Waals surface area contributed by atoms with Gasteiger partial charge in [-0.3, -0.25) is 9.53 Å². The maximum absolute atomic E-state index is 12.7. The lowest BCUT2D eigenvalue weighted by Gasteiger charge is -2.34. The first kappa shape index (κ1) is 23.3. The van der Waals surface area contributed by atoms with E-state index in [9.17, 15) is 18.0 Å². The monoisotopic (exact) mass is 498 g/mol. The Labute approximate surface area is 200 Å². The van der Waals surface area contributed by atoms with Gasteiger partial charge in [-0.25, -0.2) is 4.98 Å². The Bertz CT molecular complexity index is 1030. The molecular formula is C23H26ClF3N4O3. The van der Waals surface area contributed by atoms with E-state index in [0.29, 0.717) is 30.2 Å². The fraction of sp³-hybridized carbons (Fsp3) is 0.565. The summed E-state index contributed by atoms with van der Waals surface area (Å²) in [7, 11) is 0. The van der Waals surface area contributed by atoms with Crippen molar-refractivity contribution in [3.05, 3.63) is 41.4 Å². The summed E-state index contributed by atoms with van der Waals surface area (Å²) >= 11 is 5.99. The van der Waals surface area contributed by atoms with Crippen LogP contribution in [0.15, 0.2) is 30.7 Å². The third kappa shape index (κ3) is 5.27. The Balaban J connectivity index is 1.07. The first-order valence-corrected chi connectivity index (χ1v) is 11.9. The number of alkyl halides is 3. The molecule has 2 heterocycles. The van der Waals surface area contributed by atoms with Crippen molar-refractivity contribution in [3.8, 4) is 5.75 Å². The van der Waals surface area contributed by atoms with Gasteiger partial charge in [-0.1, -0.05) is 11.6 Å². The Morgan fingerprint density at radius 1 is 1.24 bits per heavy atom. The van der Waals surface area contributed by atoms with E-state index in [2.05, 4.69) is 24.9 Å². The highest BCUT2D eigenvalue weighted by atomic mass is 35.5. The van der Waals surface area contributed by atoms with E-state index in [1.165, 1.54) is 0 Å². The highest BCUT2D eigenvalue weighted by Crippen LogP contribution is 2.41. The van der Waals surface area contributed by atoms with Crippen LogP contribution >= 0.6 is 11.6 Å². The quantitative estimate of drug-likeness (QED) is 0.619. The van der Waals surface area contributed by atoms with Crippen molar-refractivity contribution >= 4 is 23.2 Å². The predicted molar refractivity (Wildman–Crippen MR) is 119 cm³/mol. The van der Waals surface area contributed by atoms with Crippen LogP contribution in [-0.4, -0.2) is 46.6 Å². The molecule has 3 aliphatic rings. The first-order valence-electron chi connectivity index (χ1n) is 11.5. The molecule has 2 aromatic rings. The van der Waals surface area contributed by atoms with Crippen molar-refractivity contribution in [1.29, 1.82) is 0 Å². The molecule has 2 saturated carbocycles. The van der Waals surface area contributed by atoms with Crippen LogP contribution in [0.25, 0.3) is 0 Å². The molecule has 1 amide bonds. The van der Waals surface area contributed by atoms with E-state index in [4.69, 9.17) is 16.3 Å². The minimum atomic E-state index is -4.58. The molecule has 2 N–H and O–H groups in total. The van der Waals surface area contributed by atoms with E-state index in [-0.39, 0.29) is 23.9 Å². The second-order valence-electron chi connectivity index (χ2n) is 9.24. The normalized spacial score (nSPS) is 28.8.